The van der Waals surface area contributed by atoms with Gasteiger partial charge in [0.1, 0.15) is 5.82 Å². The van der Waals surface area contributed by atoms with Gasteiger partial charge in [-0.05, 0) is 43.4 Å². The second kappa shape index (κ2) is 6.60. The summed E-state index contributed by atoms with van der Waals surface area (Å²) in [6, 6.07) is 2.20. The minimum Gasteiger partial charge on any atom is -0.359 e. The summed E-state index contributed by atoms with van der Waals surface area (Å²) >= 11 is 0. The second-order valence-corrected chi connectivity index (χ2v) is 5.13. The molecule has 0 saturated carbocycles. The van der Waals surface area contributed by atoms with Gasteiger partial charge in [0.15, 0.2) is 0 Å². The first-order valence-electron chi connectivity index (χ1n) is 6.41. The number of aromatic nitrogens is 1. The standard InChI is InChI=1S/C14H25N3/c1-11(2)6-8-17(4)14-12(3)9-13(5-7-15)10-16-14/h9-11H,5-8,15H2,1-4H3. The summed E-state index contributed by atoms with van der Waals surface area (Å²) in [6.45, 7) is 8.36. The summed E-state index contributed by atoms with van der Waals surface area (Å²) in [5.41, 5.74) is 8.02. The van der Waals surface area contributed by atoms with Crippen LogP contribution in [0.5, 0.6) is 0 Å². The molecule has 1 rings (SSSR count). The van der Waals surface area contributed by atoms with Crippen LogP contribution in [0.1, 0.15) is 31.4 Å². The minimum absolute atomic E-state index is 0.684. The smallest absolute Gasteiger partial charge is 0.131 e. The second-order valence-electron chi connectivity index (χ2n) is 5.13. The van der Waals surface area contributed by atoms with Crippen molar-refractivity contribution in [2.45, 2.75) is 33.6 Å². The minimum atomic E-state index is 0.684. The summed E-state index contributed by atoms with van der Waals surface area (Å²) < 4.78 is 0. The number of aryl methyl sites for hydroxylation is 1. The molecule has 0 bridgehead atoms. The van der Waals surface area contributed by atoms with Crippen molar-refractivity contribution in [1.82, 2.24) is 4.98 Å². The third-order valence-electron chi connectivity index (χ3n) is 2.94. The molecule has 0 aliphatic heterocycles. The van der Waals surface area contributed by atoms with Crippen LogP contribution in [0.3, 0.4) is 0 Å². The van der Waals surface area contributed by atoms with E-state index in [0.29, 0.717) is 6.54 Å². The van der Waals surface area contributed by atoms with Crippen molar-refractivity contribution in [3.05, 3.63) is 23.4 Å². The van der Waals surface area contributed by atoms with Crippen molar-refractivity contribution in [2.75, 3.05) is 25.0 Å². The maximum Gasteiger partial charge on any atom is 0.131 e. The topological polar surface area (TPSA) is 42.1 Å². The number of nitrogens with two attached hydrogens (primary N) is 1. The highest BCUT2D eigenvalue weighted by atomic mass is 15.2. The Morgan fingerprint density at radius 3 is 2.65 bits per heavy atom. The maximum atomic E-state index is 5.55. The first-order valence-corrected chi connectivity index (χ1v) is 6.41. The van der Waals surface area contributed by atoms with Crippen LogP contribution in [0.2, 0.25) is 0 Å². The van der Waals surface area contributed by atoms with Crippen molar-refractivity contribution >= 4 is 5.82 Å². The lowest BCUT2D eigenvalue weighted by molar-refractivity contribution is 0.583. The molecular formula is C14H25N3. The molecule has 17 heavy (non-hydrogen) atoms. The highest BCUT2D eigenvalue weighted by molar-refractivity contribution is 5.46. The molecule has 1 aromatic rings. The van der Waals surface area contributed by atoms with Gasteiger partial charge in [0, 0.05) is 19.8 Å². The van der Waals surface area contributed by atoms with E-state index in [1.807, 2.05) is 6.20 Å². The van der Waals surface area contributed by atoms with E-state index >= 15 is 0 Å². The summed E-state index contributed by atoms with van der Waals surface area (Å²) in [5, 5.41) is 0. The quantitative estimate of drug-likeness (QED) is 0.823. The molecule has 96 valence electrons. The van der Waals surface area contributed by atoms with Gasteiger partial charge in [-0.3, -0.25) is 0 Å². The fourth-order valence-corrected chi connectivity index (χ4v) is 1.89. The summed E-state index contributed by atoms with van der Waals surface area (Å²) in [6.07, 6.45) is 4.05. The molecule has 1 heterocycles. The van der Waals surface area contributed by atoms with E-state index in [1.54, 1.807) is 0 Å². The number of hydrogen-bond donors (Lipinski definition) is 1. The van der Waals surface area contributed by atoms with Gasteiger partial charge in [-0.1, -0.05) is 19.9 Å². The first kappa shape index (κ1) is 14.0. The van der Waals surface area contributed by atoms with Crippen molar-refractivity contribution in [3.63, 3.8) is 0 Å². The van der Waals surface area contributed by atoms with Crippen molar-refractivity contribution in [3.8, 4) is 0 Å². The highest BCUT2D eigenvalue weighted by Gasteiger charge is 2.07. The van der Waals surface area contributed by atoms with E-state index in [4.69, 9.17) is 5.73 Å². The van der Waals surface area contributed by atoms with Crippen LogP contribution in [0.25, 0.3) is 0 Å². The zero-order chi connectivity index (χ0) is 12.8. The van der Waals surface area contributed by atoms with Crippen molar-refractivity contribution < 1.29 is 0 Å². The Labute approximate surface area is 105 Å². The molecule has 0 spiro atoms. The lowest BCUT2D eigenvalue weighted by atomic mass is 10.1. The number of anilines is 1. The Morgan fingerprint density at radius 2 is 2.12 bits per heavy atom. The van der Waals surface area contributed by atoms with E-state index in [2.05, 4.69) is 43.8 Å². The third kappa shape index (κ3) is 4.35. The van der Waals surface area contributed by atoms with Gasteiger partial charge in [0.05, 0.1) is 0 Å². The van der Waals surface area contributed by atoms with Crippen LogP contribution in [-0.2, 0) is 6.42 Å². The van der Waals surface area contributed by atoms with Crippen LogP contribution in [0.4, 0.5) is 5.82 Å². The fraction of sp³-hybridized carbons (Fsp3) is 0.643. The lowest BCUT2D eigenvalue weighted by Gasteiger charge is -2.21. The van der Waals surface area contributed by atoms with E-state index < -0.39 is 0 Å². The Hall–Kier alpha value is -1.09. The Bertz CT molecular complexity index is 347. The molecule has 0 fully saturated rings. The van der Waals surface area contributed by atoms with Crippen LogP contribution in [0.15, 0.2) is 12.3 Å². The third-order valence-corrected chi connectivity index (χ3v) is 2.94. The van der Waals surface area contributed by atoms with Gasteiger partial charge in [-0.25, -0.2) is 4.98 Å². The van der Waals surface area contributed by atoms with Crippen LogP contribution in [-0.4, -0.2) is 25.1 Å². The highest BCUT2D eigenvalue weighted by Crippen LogP contribution is 2.17. The summed E-state index contributed by atoms with van der Waals surface area (Å²) in [7, 11) is 2.11. The number of pyridine rings is 1. The summed E-state index contributed by atoms with van der Waals surface area (Å²) in [4.78, 5) is 6.78. The van der Waals surface area contributed by atoms with Crippen LogP contribution in [0, 0.1) is 12.8 Å². The Balaban J connectivity index is 2.70. The fourth-order valence-electron chi connectivity index (χ4n) is 1.89. The summed E-state index contributed by atoms with van der Waals surface area (Å²) in [5.74, 6) is 1.82. The molecule has 0 atom stereocenters. The Morgan fingerprint density at radius 1 is 1.41 bits per heavy atom. The van der Waals surface area contributed by atoms with E-state index in [0.717, 1.165) is 24.7 Å². The molecule has 0 aliphatic rings. The monoisotopic (exact) mass is 235 g/mol. The SMILES string of the molecule is Cc1cc(CCN)cnc1N(C)CCC(C)C. The molecule has 2 N–H and O–H groups in total. The average Bonchev–Trinajstić information content (AvgIpc) is 2.26. The first-order chi connectivity index (χ1) is 8.04. The van der Waals surface area contributed by atoms with E-state index in [9.17, 15) is 0 Å². The van der Waals surface area contributed by atoms with Crippen LogP contribution < -0.4 is 10.6 Å². The average molecular weight is 235 g/mol. The molecule has 0 amide bonds. The molecule has 1 aromatic heterocycles. The van der Waals surface area contributed by atoms with Crippen molar-refractivity contribution in [1.29, 1.82) is 0 Å². The maximum absolute atomic E-state index is 5.55. The Kier molecular flexibility index (Phi) is 5.42. The molecule has 0 aromatic carbocycles. The van der Waals surface area contributed by atoms with Gasteiger partial charge in [0.2, 0.25) is 0 Å². The number of hydrogen-bond acceptors (Lipinski definition) is 3. The zero-order valence-corrected chi connectivity index (χ0v) is 11.5. The van der Waals surface area contributed by atoms with Crippen molar-refractivity contribution in [2.24, 2.45) is 11.7 Å². The van der Waals surface area contributed by atoms with Gasteiger partial charge in [0.25, 0.3) is 0 Å². The molecular weight excluding hydrogens is 210 g/mol. The molecule has 0 aliphatic carbocycles. The van der Waals surface area contributed by atoms with Gasteiger partial charge in [-0.2, -0.15) is 0 Å². The molecule has 3 heteroatoms. The van der Waals surface area contributed by atoms with Gasteiger partial charge >= 0.3 is 0 Å². The van der Waals surface area contributed by atoms with Gasteiger partial charge in [-0.15, -0.1) is 0 Å². The largest absolute Gasteiger partial charge is 0.359 e. The van der Waals surface area contributed by atoms with Gasteiger partial charge < -0.3 is 10.6 Å². The predicted octanol–water partition coefficient (Wildman–Crippen LogP) is 2.37. The van der Waals surface area contributed by atoms with E-state index in [-0.39, 0.29) is 0 Å². The normalized spacial score (nSPS) is 10.9. The number of rotatable bonds is 6. The molecule has 3 nitrogen and oxygen atoms in total. The molecule has 0 saturated heterocycles. The lowest BCUT2D eigenvalue weighted by Crippen LogP contribution is -2.22. The molecule has 0 unspecified atom stereocenters. The van der Waals surface area contributed by atoms with E-state index in [1.165, 1.54) is 17.5 Å². The van der Waals surface area contributed by atoms with Crippen LogP contribution >= 0.6 is 0 Å². The number of nitrogens with zero attached hydrogens (tertiary/aromatic N) is 2. The zero-order valence-electron chi connectivity index (χ0n) is 11.5. The predicted molar refractivity (Wildman–Crippen MR) is 74.5 cm³/mol. The molecule has 0 radical (unpaired) electrons.